The number of carbonyl (C=O) groups excluding carboxylic acids is 1. The molecule has 25 heavy (non-hydrogen) atoms. The van der Waals surface area contributed by atoms with Gasteiger partial charge in [-0.15, -0.1) is 0 Å². The summed E-state index contributed by atoms with van der Waals surface area (Å²) in [6, 6.07) is 6.25. The van der Waals surface area contributed by atoms with Crippen molar-refractivity contribution in [2.45, 2.75) is 17.7 Å². The quantitative estimate of drug-likeness (QED) is 0.551. The van der Waals surface area contributed by atoms with Gasteiger partial charge in [0.25, 0.3) is 10.0 Å². The molecule has 2 fully saturated rings. The minimum absolute atomic E-state index is 0.0696. The van der Waals surface area contributed by atoms with E-state index in [0.29, 0.717) is 32.7 Å². The number of benzene rings is 1. The predicted molar refractivity (Wildman–Crippen MR) is 91.6 cm³/mol. The van der Waals surface area contributed by atoms with Crippen LogP contribution in [0.4, 0.5) is 5.69 Å². The van der Waals surface area contributed by atoms with Gasteiger partial charge >= 0.3 is 0 Å². The lowest BCUT2D eigenvalue weighted by atomic mass is 10.3. The van der Waals surface area contributed by atoms with Crippen LogP contribution in [0.1, 0.15) is 12.8 Å². The first-order chi connectivity index (χ1) is 12.1. The largest absolute Gasteiger partial charge is 0.379 e. The fraction of sp³-hybridized carbons (Fsp3) is 0.562. The molecule has 1 amide bonds. The van der Waals surface area contributed by atoms with Crippen molar-refractivity contribution in [3.8, 4) is 0 Å². The van der Waals surface area contributed by atoms with Crippen LogP contribution in [-0.2, 0) is 24.4 Å². The van der Waals surface area contributed by atoms with Gasteiger partial charge in [-0.1, -0.05) is 4.89 Å². The average molecular weight is 369 g/mol. The van der Waals surface area contributed by atoms with Gasteiger partial charge in [0, 0.05) is 38.3 Å². The van der Waals surface area contributed by atoms with Gasteiger partial charge < -0.3 is 9.64 Å². The molecule has 9 heteroatoms. The highest BCUT2D eigenvalue weighted by Gasteiger charge is 2.22. The number of nitrogens with zero attached hydrogens (tertiary/aromatic N) is 2. The van der Waals surface area contributed by atoms with Crippen molar-refractivity contribution < 1.29 is 22.8 Å². The number of sulfonamides is 1. The third-order valence-electron chi connectivity index (χ3n) is 4.31. The number of hydrogen-bond donors (Lipinski definition) is 1. The monoisotopic (exact) mass is 369 g/mol. The van der Waals surface area contributed by atoms with Gasteiger partial charge in [0.2, 0.25) is 5.91 Å². The molecular formula is C16H23N3O5S. The SMILES string of the molecule is O=C1CCCN1c1ccc(S(=O)(=O)NOCCN2CCOCC2)cc1. The zero-order valence-electron chi connectivity index (χ0n) is 14.0. The summed E-state index contributed by atoms with van der Waals surface area (Å²) in [7, 11) is -3.74. The maximum absolute atomic E-state index is 12.2. The third kappa shape index (κ3) is 4.77. The molecule has 3 rings (SSSR count). The van der Waals surface area contributed by atoms with Crippen molar-refractivity contribution in [1.82, 2.24) is 9.79 Å². The molecule has 2 aliphatic rings. The maximum Gasteiger partial charge on any atom is 0.262 e. The van der Waals surface area contributed by atoms with Gasteiger partial charge in [-0.3, -0.25) is 14.5 Å². The van der Waals surface area contributed by atoms with E-state index in [1.54, 1.807) is 17.0 Å². The fourth-order valence-electron chi connectivity index (χ4n) is 2.89. The third-order valence-corrected chi connectivity index (χ3v) is 5.54. The molecule has 0 bridgehead atoms. The van der Waals surface area contributed by atoms with Crippen LogP contribution < -0.4 is 9.79 Å². The highest BCUT2D eigenvalue weighted by Crippen LogP contribution is 2.22. The van der Waals surface area contributed by atoms with E-state index >= 15 is 0 Å². The van der Waals surface area contributed by atoms with E-state index in [1.807, 2.05) is 0 Å². The van der Waals surface area contributed by atoms with Crippen LogP contribution in [0.25, 0.3) is 0 Å². The number of carbonyl (C=O) groups is 1. The summed E-state index contributed by atoms with van der Waals surface area (Å²) >= 11 is 0. The lowest BCUT2D eigenvalue weighted by Gasteiger charge is -2.26. The Hall–Kier alpha value is -1.52. The standard InChI is InChI=1S/C16H23N3O5S/c20-16-2-1-7-19(16)14-3-5-15(6-4-14)25(21,22)17-24-13-10-18-8-11-23-12-9-18/h3-6,17H,1-2,7-13H2. The summed E-state index contributed by atoms with van der Waals surface area (Å²) < 4.78 is 29.7. The zero-order chi connectivity index (χ0) is 17.7. The summed E-state index contributed by atoms with van der Waals surface area (Å²) in [5, 5.41) is 0. The molecule has 0 spiro atoms. The molecule has 0 atom stereocenters. The number of hydrogen-bond acceptors (Lipinski definition) is 6. The Morgan fingerprint density at radius 2 is 1.84 bits per heavy atom. The number of ether oxygens (including phenoxy) is 1. The van der Waals surface area contributed by atoms with E-state index in [-0.39, 0.29) is 17.4 Å². The van der Waals surface area contributed by atoms with Gasteiger partial charge in [0.15, 0.2) is 0 Å². The van der Waals surface area contributed by atoms with Crippen molar-refractivity contribution in [3.63, 3.8) is 0 Å². The second-order valence-electron chi connectivity index (χ2n) is 6.03. The first kappa shape index (κ1) is 18.3. The van der Waals surface area contributed by atoms with Crippen LogP contribution in [0.2, 0.25) is 0 Å². The lowest BCUT2D eigenvalue weighted by Crippen LogP contribution is -2.39. The van der Waals surface area contributed by atoms with E-state index in [0.717, 1.165) is 25.2 Å². The van der Waals surface area contributed by atoms with Crippen molar-refractivity contribution in [2.24, 2.45) is 0 Å². The smallest absolute Gasteiger partial charge is 0.262 e. The summed E-state index contributed by atoms with van der Waals surface area (Å²) in [5.74, 6) is 0.0696. The molecule has 8 nitrogen and oxygen atoms in total. The Morgan fingerprint density at radius 1 is 1.12 bits per heavy atom. The summed E-state index contributed by atoms with van der Waals surface area (Å²) in [6.45, 7) is 4.62. The van der Waals surface area contributed by atoms with Crippen molar-refractivity contribution in [1.29, 1.82) is 0 Å². The average Bonchev–Trinajstić information content (AvgIpc) is 3.06. The number of amides is 1. The van der Waals surface area contributed by atoms with Crippen molar-refractivity contribution in [2.75, 3.05) is 50.9 Å². The Bertz CT molecular complexity index is 686. The topological polar surface area (TPSA) is 88.2 Å². The number of nitrogens with one attached hydrogen (secondary N) is 1. The predicted octanol–water partition coefficient (Wildman–Crippen LogP) is 0.356. The fourth-order valence-corrected chi connectivity index (χ4v) is 3.72. The maximum atomic E-state index is 12.2. The van der Waals surface area contributed by atoms with Crippen LogP contribution >= 0.6 is 0 Å². The normalized spacial score (nSPS) is 19.5. The van der Waals surface area contributed by atoms with Gasteiger partial charge in [-0.2, -0.15) is 0 Å². The van der Waals surface area contributed by atoms with Crippen LogP contribution in [-0.4, -0.2) is 65.2 Å². The molecular weight excluding hydrogens is 346 g/mol. The van der Waals surface area contributed by atoms with Gasteiger partial charge in [0.05, 0.1) is 24.7 Å². The van der Waals surface area contributed by atoms with Crippen molar-refractivity contribution >= 4 is 21.6 Å². The molecule has 0 saturated carbocycles. The highest BCUT2D eigenvalue weighted by molar-refractivity contribution is 7.89. The number of morpholine rings is 1. The molecule has 2 heterocycles. The molecule has 2 aliphatic heterocycles. The van der Waals surface area contributed by atoms with E-state index in [4.69, 9.17) is 9.57 Å². The van der Waals surface area contributed by atoms with Crippen molar-refractivity contribution in [3.05, 3.63) is 24.3 Å². The Morgan fingerprint density at radius 3 is 2.48 bits per heavy atom. The van der Waals surface area contributed by atoms with Gasteiger partial charge in [0.1, 0.15) is 0 Å². The van der Waals surface area contributed by atoms with E-state index in [9.17, 15) is 13.2 Å². The molecule has 0 unspecified atom stereocenters. The number of anilines is 1. The minimum Gasteiger partial charge on any atom is -0.379 e. The minimum atomic E-state index is -3.74. The molecule has 2 saturated heterocycles. The zero-order valence-corrected chi connectivity index (χ0v) is 14.8. The molecule has 1 aromatic carbocycles. The lowest BCUT2D eigenvalue weighted by molar-refractivity contribution is -0.117. The Labute approximate surface area is 147 Å². The van der Waals surface area contributed by atoms with E-state index < -0.39 is 10.0 Å². The molecule has 0 aliphatic carbocycles. The van der Waals surface area contributed by atoms with Crippen LogP contribution in [0.5, 0.6) is 0 Å². The van der Waals surface area contributed by atoms with Gasteiger partial charge in [-0.05, 0) is 30.7 Å². The summed E-state index contributed by atoms with van der Waals surface area (Å²) in [5.41, 5.74) is 0.717. The summed E-state index contributed by atoms with van der Waals surface area (Å²) in [6.07, 6.45) is 1.37. The number of rotatable bonds is 7. The molecule has 1 aromatic rings. The molecule has 0 radical (unpaired) electrons. The molecule has 0 aromatic heterocycles. The Balaban J connectivity index is 1.50. The molecule has 1 N–H and O–H groups in total. The second kappa shape index (κ2) is 8.24. The summed E-state index contributed by atoms with van der Waals surface area (Å²) in [4.78, 5) is 22.9. The van der Waals surface area contributed by atoms with E-state index in [1.165, 1.54) is 12.1 Å². The van der Waals surface area contributed by atoms with Crippen LogP contribution in [0, 0.1) is 0 Å². The highest BCUT2D eigenvalue weighted by atomic mass is 32.2. The molecule has 138 valence electrons. The first-order valence-electron chi connectivity index (χ1n) is 8.40. The van der Waals surface area contributed by atoms with Crippen LogP contribution in [0.15, 0.2) is 29.2 Å². The van der Waals surface area contributed by atoms with E-state index in [2.05, 4.69) is 9.79 Å². The first-order valence-corrected chi connectivity index (χ1v) is 9.89. The Kier molecular flexibility index (Phi) is 6.02. The second-order valence-corrected chi connectivity index (χ2v) is 7.68. The van der Waals surface area contributed by atoms with Gasteiger partial charge in [-0.25, -0.2) is 8.42 Å². The van der Waals surface area contributed by atoms with Crippen LogP contribution in [0.3, 0.4) is 0 Å².